The predicted molar refractivity (Wildman–Crippen MR) is 122 cm³/mol. The highest BCUT2D eigenvalue weighted by Gasteiger charge is 2.11. The van der Waals surface area contributed by atoms with Gasteiger partial charge in [-0.1, -0.05) is 65.7 Å². The number of aromatic nitrogens is 1. The summed E-state index contributed by atoms with van der Waals surface area (Å²) in [6.07, 6.45) is 2.05. The lowest BCUT2D eigenvalue weighted by Gasteiger charge is -2.08. The maximum atomic E-state index is 11.6. The molecule has 0 amide bonds. The van der Waals surface area contributed by atoms with Crippen LogP contribution in [0.25, 0.3) is 6.08 Å². The van der Waals surface area contributed by atoms with Crippen molar-refractivity contribution in [2.24, 2.45) is 0 Å². The van der Waals surface area contributed by atoms with Gasteiger partial charge in [0.25, 0.3) is 0 Å². The minimum atomic E-state index is -1.13. The summed E-state index contributed by atoms with van der Waals surface area (Å²) in [5, 5.41) is 10.6. The van der Waals surface area contributed by atoms with Crippen molar-refractivity contribution in [2.45, 2.75) is 17.1 Å². The van der Waals surface area contributed by atoms with E-state index in [4.69, 9.17) is 27.9 Å². The fourth-order valence-corrected chi connectivity index (χ4v) is 4.24. The quantitative estimate of drug-likeness (QED) is 0.229. The highest BCUT2D eigenvalue weighted by molar-refractivity contribution is 7.98. The van der Waals surface area contributed by atoms with Crippen LogP contribution in [-0.2, 0) is 21.7 Å². The Kier molecular flexibility index (Phi) is 8.20. The molecule has 2 aromatic carbocycles. The fourth-order valence-electron chi connectivity index (χ4n) is 2.65. The molecule has 0 unspecified atom stereocenters. The molecule has 0 aliphatic heterocycles. The molecule has 4 nitrogen and oxygen atoms in total. The predicted octanol–water partition coefficient (Wildman–Crippen LogP) is 6.37. The fraction of sp³-hybridized carbons (Fsp3) is 0.130. The number of carboxylic acid groups (broad SMARTS) is 1. The lowest BCUT2D eigenvalue weighted by atomic mass is 10.2. The Morgan fingerprint density at radius 2 is 1.70 bits per heavy atom. The van der Waals surface area contributed by atoms with Crippen LogP contribution >= 0.6 is 35.0 Å². The van der Waals surface area contributed by atoms with Crippen LogP contribution in [0.2, 0.25) is 10.0 Å². The van der Waals surface area contributed by atoms with Crippen molar-refractivity contribution < 1.29 is 14.6 Å². The molecule has 3 aromatic rings. The third-order valence-electron chi connectivity index (χ3n) is 4.09. The number of hydrogen-bond acceptors (Lipinski definition) is 4. The van der Waals surface area contributed by atoms with Crippen LogP contribution in [0.1, 0.15) is 17.0 Å². The molecule has 0 spiro atoms. The number of rotatable bonds is 9. The first-order valence-corrected chi connectivity index (χ1v) is 10.9. The monoisotopic (exact) mass is 459 g/mol. The molecule has 0 fully saturated rings. The van der Waals surface area contributed by atoms with Gasteiger partial charge in [0.2, 0.25) is 5.76 Å². The van der Waals surface area contributed by atoms with Gasteiger partial charge in [-0.05, 0) is 29.8 Å². The van der Waals surface area contributed by atoms with Crippen LogP contribution in [0, 0.1) is 0 Å². The lowest BCUT2D eigenvalue weighted by Crippen LogP contribution is -2.08. The SMILES string of the molecule is O=C(O)/C(=C\c1cccc(CSc2c(Cl)cccc2Cl)n1)OCCc1ccccc1. The standard InChI is InChI=1S/C23H19Cl2NO3S/c24-19-10-5-11-20(25)22(19)30-15-18-9-4-8-17(26-18)14-21(23(27)28)29-13-12-16-6-2-1-3-7-16/h1-11,14H,12-13,15H2,(H,27,28)/b21-14+. The summed E-state index contributed by atoms with van der Waals surface area (Å²) in [7, 11) is 0. The van der Waals surface area contributed by atoms with E-state index in [0.29, 0.717) is 27.9 Å². The average molecular weight is 460 g/mol. The molecule has 30 heavy (non-hydrogen) atoms. The number of ether oxygens (including phenoxy) is 1. The van der Waals surface area contributed by atoms with E-state index in [2.05, 4.69) is 4.98 Å². The van der Waals surface area contributed by atoms with E-state index in [-0.39, 0.29) is 12.4 Å². The second-order valence-corrected chi connectivity index (χ2v) is 8.09. The van der Waals surface area contributed by atoms with E-state index in [1.54, 1.807) is 24.3 Å². The molecule has 0 bridgehead atoms. The van der Waals surface area contributed by atoms with Crippen LogP contribution in [0.5, 0.6) is 0 Å². The van der Waals surface area contributed by atoms with Gasteiger partial charge in [-0.15, -0.1) is 11.8 Å². The Labute approximate surface area is 189 Å². The molecular weight excluding hydrogens is 441 g/mol. The first-order valence-electron chi connectivity index (χ1n) is 9.17. The molecule has 0 radical (unpaired) electrons. The molecule has 0 aliphatic carbocycles. The molecule has 0 aliphatic rings. The van der Waals surface area contributed by atoms with E-state index < -0.39 is 5.97 Å². The van der Waals surface area contributed by atoms with Crippen molar-refractivity contribution in [3.8, 4) is 0 Å². The van der Waals surface area contributed by atoms with E-state index in [0.717, 1.165) is 16.2 Å². The lowest BCUT2D eigenvalue weighted by molar-refractivity contribution is -0.136. The van der Waals surface area contributed by atoms with Crippen LogP contribution < -0.4 is 0 Å². The van der Waals surface area contributed by atoms with E-state index in [1.807, 2.05) is 42.5 Å². The van der Waals surface area contributed by atoms with Gasteiger partial charge in [-0.3, -0.25) is 4.98 Å². The molecule has 0 saturated heterocycles. The van der Waals surface area contributed by atoms with E-state index in [9.17, 15) is 9.90 Å². The van der Waals surface area contributed by atoms with Gasteiger partial charge < -0.3 is 9.84 Å². The Hall–Kier alpha value is -2.47. The minimum Gasteiger partial charge on any atom is -0.486 e. The molecule has 154 valence electrons. The summed E-state index contributed by atoms with van der Waals surface area (Å²) in [4.78, 5) is 16.9. The number of aliphatic carboxylic acids is 1. The second kappa shape index (κ2) is 11.1. The summed E-state index contributed by atoms with van der Waals surface area (Å²) >= 11 is 13.9. The van der Waals surface area contributed by atoms with Gasteiger partial charge in [0.05, 0.1) is 28.0 Å². The van der Waals surface area contributed by atoms with Crippen molar-refractivity contribution in [3.05, 3.63) is 99.5 Å². The van der Waals surface area contributed by atoms with Crippen LogP contribution in [0.3, 0.4) is 0 Å². The maximum Gasteiger partial charge on any atom is 0.371 e. The zero-order valence-corrected chi connectivity index (χ0v) is 18.3. The summed E-state index contributed by atoms with van der Waals surface area (Å²) in [6, 6.07) is 20.6. The largest absolute Gasteiger partial charge is 0.486 e. The normalized spacial score (nSPS) is 11.3. The first kappa shape index (κ1) is 22.2. The Bertz CT molecular complexity index is 1020. The number of carboxylic acids is 1. The molecule has 0 saturated carbocycles. The third-order valence-corrected chi connectivity index (χ3v) is 6.12. The van der Waals surface area contributed by atoms with Crippen molar-refractivity contribution in [1.82, 2.24) is 4.98 Å². The summed E-state index contributed by atoms with van der Waals surface area (Å²) in [6.45, 7) is 0.267. The number of benzene rings is 2. The van der Waals surface area contributed by atoms with Gasteiger partial charge in [-0.2, -0.15) is 0 Å². The number of carbonyl (C=O) groups is 1. The Morgan fingerprint density at radius 1 is 1.00 bits per heavy atom. The van der Waals surface area contributed by atoms with Crippen molar-refractivity contribution >= 4 is 47.0 Å². The molecular formula is C23H19Cl2NO3S. The van der Waals surface area contributed by atoms with Crippen LogP contribution in [-0.4, -0.2) is 22.7 Å². The topological polar surface area (TPSA) is 59.4 Å². The molecule has 7 heteroatoms. The van der Waals surface area contributed by atoms with Gasteiger partial charge >= 0.3 is 5.97 Å². The molecule has 1 N–H and O–H groups in total. The number of hydrogen-bond donors (Lipinski definition) is 1. The van der Waals surface area contributed by atoms with Crippen LogP contribution in [0.15, 0.2) is 77.4 Å². The van der Waals surface area contributed by atoms with E-state index >= 15 is 0 Å². The Balaban J connectivity index is 1.66. The van der Waals surface area contributed by atoms with Crippen molar-refractivity contribution in [1.29, 1.82) is 0 Å². The van der Waals surface area contributed by atoms with Crippen molar-refractivity contribution in [2.75, 3.05) is 6.61 Å². The molecule has 1 aromatic heterocycles. The molecule has 0 atom stereocenters. The highest BCUT2D eigenvalue weighted by atomic mass is 35.5. The summed E-state index contributed by atoms with van der Waals surface area (Å²) in [5.41, 5.74) is 2.37. The van der Waals surface area contributed by atoms with Gasteiger partial charge in [0.15, 0.2) is 0 Å². The smallest absolute Gasteiger partial charge is 0.371 e. The second-order valence-electron chi connectivity index (χ2n) is 6.29. The zero-order valence-electron chi connectivity index (χ0n) is 15.9. The number of pyridine rings is 1. The molecule has 1 heterocycles. The maximum absolute atomic E-state index is 11.6. The van der Waals surface area contributed by atoms with E-state index in [1.165, 1.54) is 17.8 Å². The average Bonchev–Trinajstić information content (AvgIpc) is 2.74. The first-order chi connectivity index (χ1) is 14.5. The summed E-state index contributed by atoms with van der Waals surface area (Å²) in [5.74, 6) is -0.729. The van der Waals surface area contributed by atoms with Gasteiger partial charge in [0.1, 0.15) is 0 Å². The van der Waals surface area contributed by atoms with Gasteiger partial charge in [-0.25, -0.2) is 4.79 Å². The third kappa shape index (κ3) is 6.52. The minimum absolute atomic E-state index is 0.141. The highest BCUT2D eigenvalue weighted by Crippen LogP contribution is 2.35. The zero-order chi connectivity index (χ0) is 21.3. The number of thioether (sulfide) groups is 1. The number of halogens is 2. The van der Waals surface area contributed by atoms with Crippen LogP contribution in [0.4, 0.5) is 0 Å². The summed E-state index contributed by atoms with van der Waals surface area (Å²) < 4.78 is 5.49. The Morgan fingerprint density at radius 3 is 2.40 bits per heavy atom. The van der Waals surface area contributed by atoms with Gasteiger partial charge in [0, 0.05) is 23.1 Å². The molecule has 3 rings (SSSR count). The van der Waals surface area contributed by atoms with Crippen molar-refractivity contribution in [3.63, 3.8) is 0 Å². The number of nitrogens with zero attached hydrogens (tertiary/aromatic N) is 1.